The van der Waals surface area contributed by atoms with Crippen LogP contribution < -0.4 is 0 Å². The van der Waals surface area contributed by atoms with Crippen molar-refractivity contribution in [2.45, 2.75) is 38.9 Å². The fourth-order valence-electron chi connectivity index (χ4n) is 3.21. The van der Waals surface area contributed by atoms with Crippen LogP contribution in [0, 0.1) is 6.92 Å². The molecule has 21 heavy (non-hydrogen) atoms. The van der Waals surface area contributed by atoms with Gasteiger partial charge in [-0.15, -0.1) is 0 Å². The second-order valence-corrected chi connectivity index (χ2v) is 5.83. The number of rotatable bonds is 3. The van der Waals surface area contributed by atoms with Crippen molar-refractivity contribution in [1.29, 1.82) is 0 Å². The molecule has 4 nitrogen and oxygen atoms in total. The number of carbonyl (C=O) groups is 1. The first-order chi connectivity index (χ1) is 10.2. The van der Waals surface area contributed by atoms with E-state index in [1.54, 1.807) is 0 Å². The molecule has 0 radical (unpaired) electrons. The van der Waals surface area contributed by atoms with Crippen molar-refractivity contribution in [1.82, 2.24) is 4.90 Å². The Hall–Kier alpha value is -1.39. The lowest BCUT2D eigenvalue weighted by Gasteiger charge is -2.27. The standard InChI is InChI=1S/C17H23NO3/c1-3-17(20-10-11-21-17)14-7-6-13(2)15(12-14)16(19)18-8-4-5-9-18/h6-7,12H,3-5,8-11H2,1-2H3. The number of benzene rings is 1. The first kappa shape index (κ1) is 14.5. The van der Waals surface area contributed by atoms with Gasteiger partial charge >= 0.3 is 0 Å². The molecule has 3 rings (SSSR count). The number of hydrogen-bond acceptors (Lipinski definition) is 3. The maximum atomic E-state index is 12.7. The molecule has 0 aromatic heterocycles. The fraction of sp³-hybridized carbons (Fsp3) is 0.588. The summed E-state index contributed by atoms with van der Waals surface area (Å²) >= 11 is 0. The van der Waals surface area contributed by atoms with E-state index in [0.717, 1.165) is 49.0 Å². The molecule has 1 aromatic rings. The lowest BCUT2D eigenvalue weighted by atomic mass is 9.97. The van der Waals surface area contributed by atoms with Crippen LogP contribution in [-0.4, -0.2) is 37.1 Å². The van der Waals surface area contributed by atoms with Crippen LogP contribution in [-0.2, 0) is 15.3 Å². The lowest BCUT2D eigenvalue weighted by molar-refractivity contribution is -0.167. The predicted octanol–water partition coefficient (Wildman–Crippen LogP) is 2.84. The minimum Gasteiger partial charge on any atom is -0.343 e. The van der Waals surface area contributed by atoms with E-state index in [1.165, 1.54) is 0 Å². The van der Waals surface area contributed by atoms with Crippen LogP contribution in [0.1, 0.15) is 47.7 Å². The van der Waals surface area contributed by atoms with Gasteiger partial charge < -0.3 is 14.4 Å². The van der Waals surface area contributed by atoms with Gasteiger partial charge in [0.2, 0.25) is 0 Å². The van der Waals surface area contributed by atoms with Gasteiger partial charge in [0.05, 0.1) is 13.2 Å². The first-order valence-electron chi connectivity index (χ1n) is 7.84. The number of amides is 1. The van der Waals surface area contributed by atoms with Crippen molar-refractivity contribution in [3.8, 4) is 0 Å². The normalized spacial score (nSPS) is 21.0. The van der Waals surface area contributed by atoms with Gasteiger partial charge in [-0.05, 0) is 31.4 Å². The highest BCUT2D eigenvalue weighted by atomic mass is 16.7. The Labute approximate surface area is 126 Å². The van der Waals surface area contributed by atoms with Crippen LogP contribution in [0.15, 0.2) is 18.2 Å². The third kappa shape index (κ3) is 2.58. The third-order valence-corrected chi connectivity index (χ3v) is 4.52. The van der Waals surface area contributed by atoms with Gasteiger partial charge in [-0.25, -0.2) is 0 Å². The summed E-state index contributed by atoms with van der Waals surface area (Å²) in [7, 11) is 0. The molecular weight excluding hydrogens is 266 g/mol. The van der Waals surface area contributed by atoms with Gasteiger partial charge in [0.15, 0.2) is 5.79 Å². The Morgan fingerprint density at radius 2 is 1.90 bits per heavy atom. The van der Waals surface area contributed by atoms with Crippen LogP contribution in [0.3, 0.4) is 0 Å². The second kappa shape index (κ2) is 5.78. The summed E-state index contributed by atoms with van der Waals surface area (Å²) in [6.45, 7) is 6.99. The molecule has 0 bridgehead atoms. The van der Waals surface area contributed by atoms with E-state index in [1.807, 2.05) is 36.9 Å². The maximum Gasteiger partial charge on any atom is 0.254 e. The summed E-state index contributed by atoms with van der Waals surface area (Å²) in [5.41, 5.74) is 2.75. The quantitative estimate of drug-likeness (QED) is 0.859. The highest BCUT2D eigenvalue weighted by Gasteiger charge is 2.37. The molecule has 2 aliphatic rings. The zero-order valence-electron chi connectivity index (χ0n) is 12.9. The summed E-state index contributed by atoms with van der Waals surface area (Å²) in [5, 5.41) is 0. The van der Waals surface area contributed by atoms with Crippen molar-refractivity contribution < 1.29 is 14.3 Å². The van der Waals surface area contributed by atoms with Crippen molar-refractivity contribution >= 4 is 5.91 Å². The Balaban J connectivity index is 1.94. The van der Waals surface area contributed by atoms with Crippen molar-refractivity contribution in [3.63, 3.8) is 0 Å². The largest absolute Gasteiger partial charge is 0.343 e. The number of nitrogens with zero attached hydrogens (tertiary/aromatic N) is 1. The van der Waals surface area contributed by atoms with Gasteiger partial charge in [-0.2, -0.15) is 0 Å². The first-order valence-corrected chi connectivity index (χ1v) is 7.84. The smallest absolute Gasteiger partial charge is 0.254 e. The summed E-state index contributed by atoms with van der Waals surface area (Å²) in [6.07, 6.45) is 2.96. The molecule has 0 unspecified atom stereocenters. The van der Waals surface area contributed by atoms with E-state index in [9.17, 15) is 4.79 Å². The van der Waals surface area contributed by atoms with Gasteiger partial charge in [0.1, 0.15) is 0 Å². The molecule has 0 atom stereocenters. The summed E-state index contributed by atoms with van der Waals surface area (Å²) in [4.78, 5) is 14.6. The third-order valence-electron chi connectivity index (χ3n) is 4.52. The minimum absolute atomic E-state index is 0.135. The molecule has 2 saturated heterocycles. The average molecular weight is 289 g/mol. The van der Waals surface area contributed by atoms with Crippen molar-refractivity contribution in [2.75, 3.05) is 26.3 Å². The number of carbonyl (C=O) groups excluding carboxylic acids is 1. The van der Waals surface area contributed by atoms with E-state index < -0.39 is 5.79 Å². The minimum atomic E-state index is -0.673. The predicted molar refractivity (Wildman–Crippen MR) is 80.2 cm³/mol. The molecule has 1 amide bonds. The van der Waals surface area contributed by atoms with E-state index in [-0.39, 0.29) is 5.91 Å². The molecule has 0 aliphatic carbocycles. The van der Waals surface area contributed by atoms with E-state index in [4.69, 9.17) is 9.47 Å². The van der Waals surface area contributed by atoms with Crippen LogP contribution in [0.25, 0.3) is 0 Å². The SMILES string of the molecule is CCC1(c2ccc(C)c(C(=O)N3CCCC3)c2)OCCO1. The monoisotopic (exact) mass is 289 g/mol. The van der Waals surface area contributed by atoms with Crippen LogP contribution in [0.5, 0.6) is 0 Å². The fourth-order valence-corrected chi connectivity index (χ4v) is 3.21. The molecule has 2 fully saturated rings. The van der Waals surface area contributed by atoms with Crippen LogP contribution in [0.2, 0.25) is 0 Å². The Kier molecular flexibility index (Phi) is 4.00. The number of likely N-dealkylation sites (tertiary alicyclic amines) is 1. The Morgan fingerprint density at radius 1 is 1.24 bits per heavy atom. The summed E-state index contributed by atoms with van der Waals surface area (Å²) < 4.78 is 11.7. The molecular formula is C17H23NO3. The molecule has 114 valence electrons. The molecule has 1 aromatic carbocycles. The van der Waals surface area contributed by atoms with Gasteiger partial charge in [-0.1, -0.05) is 19.1 Å². The lowest BCUT2D eigenvalue weighted by Crippen LogP contribution is -2.30. The Morgan fingerprint density at radius 3 is 2.52 bits per heavy atom. The molecule has 4 heteroatoms. The van der Waals surface area contributed by atoms with E-state index >= 15 is 0 Å². The average Bonchev–Trinajstić information content (AvgIpc) is 3.19. The summed E-state index contributed by atoms with van der Waals surface area (Å²) in [5.74, 6) is -0.538. The molecule has 2 aliphatic heterocycles. The van der Waals surface area contributed by atoms with Gasteiger partial charge in [0.25, 0.3) is 5.91 Å². The zero-order valence-corrected chi connectivity index (χ0v) is 12.9. The van der Waals surface area contributed by atoms with Crippen LogP contribution >= 0.6 is 0 Å². The van der Waals surface area contributed by atoms with Gasteiger partial charge in [-0.3, -0.25) is 4.79 Å². The molecule has 0 saturated carbocycles. The van der Waals surface area contributed by atoms with Crippen molar-refractivity contribution in [2.24, 2.45) is 0 Å². The maximum absolute atomic E-state index is 12.7. The number of hydrogen-bond donors (Lipinski definition) is 0. The zero-order chi connectivity index (χ0) is 14.9. The van der Waals surface area contributed by atoms with Gasteiger partial charge in [0, 0.05) is 30.6 Å². The molecule has 2 heterocycles. The number of aryl methyl sites for hydroxylation is 1. The number of ether oxygens (including phenoxy) is 2. The highest BCUT2D eigenvalue weighted by Crippen LogP contribution is 2.35. The molecule has 0 spiro atoms. The molecule has 0 N–H and O–H groups in total. The summed E-state index contributed by atoms with van der Waals surface area (Å²) in [6, 6.07) is 5.98. The van der Waals surface area contributed by atoms with E-state index in [0.29, 0.717) is 13.2 Å². The second-order valence-electron chi connectivity index (χ2n) is 5.83. The highest BCUT2D eigenvalue weighted by molar-refractivity contribution is 5.96. The topological polar surface area (TPSA) is 38.8 Å². The Bertz CT molecular complexity index is 529. The van der Waals surface area contributed by atoms with E-state index in [2.05, 4.69) is 0 Å². The van der Waals surface area contributed by atoms with Crippen LogP contribution in [0.4, 0.5) is 0 Å². The van der Waals surface area contributed by atoms with Crippen molar-refractivity contribution in [3.05, 3.63) is 34.9 Å².